The largest absolute Gasteiger partial charge is 1.00 e. The quantitative estimate of drug-likeness (QED) is 0.0762. The first-order chi connectivity index (χ1) is 36.4. The summed E-state index contributed by atoms with van der Waals surface area (Å²) in [6, 6.07) is 38.2. The Morgan fingerprint density at radius 2 is 1.05 bits per heavy atom. The third-order valence-electron chi connectivity index (χ3n) is 12.9. The maximum absolute atomic E-state index is 13.9. The molecule has 0 radical (unpaired) electrons. The molecule has 18 heteroatoms. The number of aryl methyl sites for hydroxylation is 2. The molecule has 6 heterocycles. The first-order valence-electron chi connectivity index (χ1n) is 24.9. The minimum atomic E-state index is -0.647. The van der Waals surface area contributed by atoms with Gasteiger partial charge in [0.2, 0.25) is 0 Å². The van der Waals surface area contributed by atoms with E-state index in [0.717, 1.165) is 38.3 Å². The van der Waals surface area contributed by atoms with Crippen molar-refractivity contribution < 1.29 is 68.5 Å². The molecule has 406 valence electrons. The number of H-pyrrole nitrogens is 1. The van der Waals surface area contributed by atoms with Crippen molar-refractivity contribution in [2.24, 2.45) is 0 Å². The van der Waals surface area contributed by atoms with Crippen molar-refractivity contribution in [3.8, 4) is 0 Å². The standard InChI is InChI=1S/C29H29N3O5.C22H23N3O5.C7H7Br.2CH4.Na.H/c1-3-36-29(35)25-26(30-13-15-31(16-14-30)27(33)24-10-7-17-37-24)22-18-20(2)11-12-23(22)32(28(25)34)19-21-8-5-4-6-9-21;1-3-29-22(28)18-19(15-13-14(2)6-7-16(15)23-20(18)26)24-8-10-25(11-9-24)21(27)17-5-4-12-30-17;8-6-7-4-2-1-3-5-7;;;;/h4-12,17-18H,3,13-16,19H2,1-2H3;4-7,12-13H,3,8-11H2,1-2H3,(H,23,26);1-5H,6H2;2*1H4;;/q;;;;;+1;-1. The first kappa shape index (κ1) is 61.7. The number of aromatic nitrogens is 2. The number of nitrogens with zero attached hydrogens (tertiary/aromatic N) is 5. The smallest absolute Gasteiger partial charge is 1.00 e. The number of ether oxygens (including phenoxy) is 2. The molecule has 1 N–H and O–H groups in total. The van der Waals surface area contributed by atoms with E-state index in [0.29, 0.717) is 87.3 Å². The van der Waals surface area contributed by atoms with Crippen molar-refractivity contribution in [1.82, 2.24) is 19.4 Å². The van der Waals surface area contributed by atoms with Crippen LogP contribution in [0, 0.1) is 13.8 Å². The van der Waals surface area contributed by atoms with E-state index in [1.807, 2.05) is 109 Å². The second-order valence-electron chi connectivity index (χ2n) is 17.9. The van der Waals surface area contributed by atoms with Crippen LogP contribution in [0.4, 0.5) is 11.4 Å². The minimum absolute atomic E-state index is 0. The topological polar surface area (TPSA) is 181 Å². The third kappa shape index (κ3) is 14.3. The molecule has 10 rings (SSSR count). The van der Waals surface area contributed by atoms with Gasteiger partial charge >= 0.3 is 41.5 Å². The summed E-state index contributed by atoms with van der Waals surface area (Å²) in [5.74, 6) is -1.03. The van der Waals surface area contributed by atoms with Crippen molar-refractivity contribution in [3.63, 3.8) is 0 Å². The fourth-order valence-electron chi connectivity index (χ4n) is 9.25. The summed E-state index contributed by atoms with van der Waals surface area (Å²) in [4.78, 5) is 88.2. The van der Waals surface area contributed by atoms with Crippen LogP contribution in [0.25, 0.3) is 21.8 Å². The van der Waals surface area contributed by atoms with E-state index < -0.39 is 17.5 Å². The minimum Gasteiger partial charge on any atom is -1.00 e. The molecule has 0 atom stereocenters. The number of amides is 2. The maximum atomic E-state index is 13.9. The SMILES string of the molecule is BrCc1ccccc1.C.C.CCOC(=O)c1c(N2CCN(C(=O)c3ccco3)CC2)c2cc(C)ccc2[nH]c1=O.CCOC(=O)c1c(N2CCN(C(=O)c3ccco3)CC2)c2cc(C)ccc2n(Cc2ccccc2)c1=O.[H-].[Na+]. The Morgan fingerprint density at radius 3 is 1.51 bits per heavy atom. The van der Waals surface area contributed by atoms with Crippen LogP contribution in [0.15, 0.2) is 152 Å². The number of alkyl halides is 1. The second kappa shape index (κ2) is 29.0. The molecule has 0 bridgehead atoms. The number of anilines is 2. The van der Waals surface area contributed by atoms with Crippen molar-refractivity contribution in [2.45, 2.75) is 54.4 Å². The fourth-order valence-corrected chi connectivity index (χ4v) is 9.62. The number of carbonyl (C=O) groups is 4. The molecule has 2 aliphatic heterocycles. The average Bonchev–Trinajstić information content (AvgIpc) is 4.35. The van der Waals surface area contributed by atoms with Gasteiger partial charge in [0.1, 0.15) is 11.1 Å². The molecule has 0 unspecified atom stereocenters. The summed E-state index contributed by atoms with van der Waals surface area (Å²) in [6.45, 7) is 11.7. The second-order valence-corrected chi connectivity index (χ2v) is 18.5. The number of piperazine rings is 2. The Labute approximate surface area is 486 Å². The van der Waals surface area contributed by atoms with E-state index in [1.54, 1.807) is 52.5 Å². The van der Waals surface area contributed by atoms with Gasteiger partial charge in [-0.1, -0.05) is 115 Å². The predicted octanol–water partition coefficient (Wildman–Crippen LogP) is 7.63. The molecular formula is C60H68BrN6NaO10. The summed E-state index contributed by atoms with van der Waals surface area (Å²) in [5, 5.41) is 2.54. The van der Waals surface area contributed by atoms with E-state index in [4.69, 9.17) is 18.3 Å². The van der Waals surface area contributed by atoms with Crippen LogP contribution in [-0.4, -0.2) is 109 Å². The Kier molecular flexibility index (Phi) is 22.9. The van der Waals surface area contributed by atoms with E-state index in [9.17, 15) is 28.8 Å². The van der Waals surface area contributed by atoms with E-state index >= 15 is 0 Å². The number of halogens is 1. The van der Waals surface area contributed by atoms with Gasteiger partial charge in [-0.2, -0.15) is 0 Å². The Hall–Kier alpha value is -7.18. The fraction of sp³-hybridized carbons (Fsp3) is 0.300. The van der Waals surface area contributed by atoms with Crippen molar-refractivity contribution in [2.75, 3.05) is 75.4 Å². The Balaban J connectivity index is 0.000000289. The van der Waals surface area contributed by atoms with Crippen molar-refractivity contribution in [3.05, 3.63) is 199 Å². The monoisotopic (exact) mass is 1130 g/mol. The van der Waals surface area contributed by atoms with Gasteiger partial charge in [0.25, 0.3) is 22.9 Å². The van der Waals surface area contributed by atoms with Gasteiger partial charge in [-0.3, -0.25) is 19.2 Å². The van der Waals surface area contributed by atoms with Crippen LogP contribution in [0.5, 0.6) is 0 Å². The summed E-state index contributed by atoms with van der Waals surface area (Å²) < 4.78 is 22.7. The number of hydrogen-bond donors (Lipinski definition) is 1. The molecule has 8 aromatic rings. The summed E-state index contributed by atoms with van der Waals surface area (Å²) in [6.07, 6.45) is 2.95. The number of esters is 2. The van der Waals surface area contributed by atoms with Gasteiger partial charge in [-0.25, -0.2) is 9.59 Å². The van der Waals surface area contributed by atoms with Gasteiger partial charge in [0.05, 0.1) is 54.7 Å². The van der Waals surface area contributed by atoms with Crippen LogP contribution >= 0.6 is 15.9 Å². The summed E-state index contributed by atoms with van der Waals surface area (Å²) in [7, 11) is 0. The zero-order valence-corrected chi connectivity index (χ0v) is 47.0. The van der Waals surface area contributed by atoms with Crippen LogP contribution in [-0.2, 0) is 21.3 Å². The van der Waals surface area contributed by atoms with Crippen LogP contribution in [0.2, 0.25) is 0 Å². The van der Waals surface area contributed by atoms with Gasteiger partial charge in [0, 0.05) is 68.5 Å². The van der Waals surface area contributed by atoms with Crippen molar-refractivity contribution >= 4 is 72.9 Å². The number of hydrogen-bond acceptors (Lipinski definition) is 12. The molecule has 0 spiro atoms. The van der Waals surface area contributed by atoms with Gasteiger partial charge in [-0.05, 0) is 87.4 Å². The molecule has 78 heavy (non-hydrogen) atoms. The molecule has 2 aliphatic rings. The number of pyridine rings is 2. The molecule has 16 nitrogen and oxygen atoms in total. The van der Waals surface area contributed by atoms with Crippen molar-refractivity contribution in [1.29, 1.82) is 0 Å². The molecule has 0 aliphatic carbocycles. The third-order valence-corrected chi connectivity index (χ3v) is 13.6. The van der Waals surface area contributed by atoms with Crippen LogP contribution < -0.4 is 50.5 Å². The number of rotatable bonds is 11. The normalized spacial score (nSPS) is 12.9. The summed E-state index contributed by atoms with van der Waals surface area (Å²) >= 11 is 3.36. The number of nitrogens with one attached hydrogen (secondary N) is 1. The predicted molar refractivity (Wildman–Crippen MR) is 307 cm³/mol. The number of fused-ring (bicyclic) bond motifs is 2. The maximum Gasteiger partial charge on any atom is 1.00 e. The molecule has 2 amide bonds. The number of furan rings is 2. The van der Waals surface area contributed by atoms with E-state index in [-0.39, 0.29) is 87.6 Å². The van der Waals surface area contributed by atoms with E-state index in [1.165, 1.54) is 18.1 Å². The van der Waals surface area contributed by atoms with Crippen LogP contribution in [0.1, 0.15) is 94.2 Å². The Morgan fingerprint density at radius 1 is 0.590 bits per heavy atom. The summed E-state index contributed by atoms with van der Waals surface area (Å²) in [5.41, 5.74) is 6.00. The molecule has 4 aromatic carbocycles. The average molecular weight is 1140 g/mol. The molecule has 2 saturated heterocycles. The van der Waals surface area contributed by atoms with E-state index in [2.05, 4.69) is 33.0 Å². The molecule has 0 saturated carbocycles. The van der Waals surface area contributed by atoms with Crippen LogP contribution in [0.3, 0.4) is 0 Å². The molecule has 4 aromatic heterocycles. The van der Waals surface area contributed by atoms with Gasteiger partial charge in [-0.15, -0.1) is 0 Å². The van der Waals surface area contributed by atoms with Gasteiger partial charge < -0.3 is 48.9 Å². The zero-order chi connectivity index (χ0) is 53.0. The zero-order valence-electron chi connectivity index (χ0n) is 44.4. The number of benzene rings is 4. The number of carbonyl (C=O) groups excluding carboxylic acids is 4. The molecule has 2 fully saturated rings. The Bertz CT molecular complexity index is 3400. The number of aromatic amines is 1. The first-order valence-corrected chi connectivity index (χ1v) is 26.0. The molecular weight excluding hydrogens is 1070 g/mol. The van der Waals surface area contributed by atoms with Gasteiger partial charge in [0.15, 0.2) is 11.5 Å².